The van der Waals surface area contributed by atoms with Crippen molar-refractivity contribution in [3.8, 4) is 0 Å². The second-order valence-electron chi connectivity index (χ2n) is 3.82. The summed E-state index contributed by atoms with van der Waals surface area (Å²) < 4.78 is 52.4. The lowest BCUT2D eigenvalue weighted by atomic mass is 10.3. The lowest BCUT2D eigenvalue weighted by Crippen LogP contribution is -2.19. The van der Waals surface area contributed by atoms with Crippen molar-refractivity contribution in [2.24, 2.45) is 10.9 Å². The van der Waals surface area contributed by atoms with E-state index in [1.807, 2.05) is 4.72 Å². The van der Waals surface area contributed by atoms with Crippen LogP contribution >= 0.6 is 0 Å². The van der Waals surface area contributed by atoms with Crippen molar-refractivity contribution in [3.63, 3.8) is 0 Å². The quantitative estimate of drug-likeness (QED) is 0.283. The summed E-state index contributed by atoms with van der Waals surface area (Å²) in [5, 5.41) is 17.1. The topological polar surface area (TPSA) is 133 Å². The fourth-order valence-corrected chi connectivity index (χ4v) is 2.59. The average molecular weight is 317 g/mol. The lowest BCUT2D eigenvalue weighted by Gasteiger charge is -2.08. The van der Waals surface area contributed by atoms with Gasteiger partial charge in [0.2, 0.25) is 0 Å². The number of hydrogen-bond acceptors (Lipinski definition) is 5. The van der Waals surface area contributed by atoms with Crippen molar-refractivity contribution in [1.82, 2.24) is 10.2 Å². The highest BCUT2D eigenvalue weighted by Gasteiger charge is 2.22. The zero-order chi connectivity index (χ0) is 15.6. The molecule has 0 saturated carbocycles. The molecule has 0 fully saturated rings. The number of aromatic amines is 1. The highest BCUT2D eigenvalue weighted by atomic mass is 32.2. The highest BCUT2D eigenvalue weighted by molar-refractivity contribution is 7.92. The molecule has 5 N–H and O–H groups in total. The Kier molecular flexibility index (Phi) is 3.76. The van der Waals surface area contributed by atoms with Crippen LogP contribution < -0.4 is 10.5 Å². The van der Waals surface area contributed by atoms with E-state index in [2.05, 4.69) is 15.4 Å². The summed E-state index contributed by atoms with van der Waals surface area (Å²) in [6.45, 7) is 0. The number of nitrogens with two attached hydrogens (primary N) is 1. The van der Waals surface area contributed by atoms with Crippen LogP contribution in [0.2, 0.25) is 0 Å². The third kappa shape index (κ3) is 2.91. The molecule has 21 heavy (non-hydrogen) atoms. The van der Waals surface area contributed by atoms with E-state index < -0.39 is 32.4 Å². The van der Waals surface area contributed by atoms with Crippen molar-refractivity contribution >= 4 is 21.7 Å². The molecule has 0 bridgehead atoms. The number of hydrogen-bond donors (Lipinski definition) is 4. The third-order valence-corrected chi connectivity index (χ3v) is 3.83. The number of anilines is 1. The standard InChI is InChI=1S/C10H9F2N5O3S/c11-5-1-2-8(7(12)3-5)21(19,20)17-10-6(4-14-15-10)9(13)16-18/h1-4,18H,(H2,13,16)(H2,14,15,17). The van der Waals surface area contributed by atoms with Gasteiger partial charge in [-0.05, 0) is 12.1 Å². The number of aromatic nitrogens is 2. The van der Waals surface area contributed by atoms with Crippen LogP contribution in [0.5, 0.6) is 0 Å². The van der Waals surface area contributed by atoms with Crippen LogP contribution in [0.25, 0.3) is 0 Å². The van der Waals surface area contributed by atoms with Crippen molar-refractivity contribution < 1.29 is 22.4 Å². The highest BCUT2D eigenvalue weighted by Crippen LogP contribution is 2.20. The predicted molar refractivity (Wildman–Crippen MR) is 68.3 cm³/mol. The fraction of sp³-hybridized carbons (Fsp3) is 0. The zero-order valence-electron chi connectivity index (χ0n) is 10.2. The van der Waals surface area contributed by atoms with Crippen molar-refractivity contribution in [3.05, 3.63) is 41.6 Å². The van der Waals surface area contributed by atoms with E-state index in [1.54, 1.807) is 0 Å². The maximum Gasteiger partial charge on any atom is 0.265 e. The summed E-state index contributed by atoms with van der Waals surface area (Å²) in [7, 11) is -4.35. The van der Waals surface area contributed by atoms with Crippen LogP contribution in [-0.2, 0) is 10.0 Å². The minimum atomic E-state index is -4.35. The number of benzene rings is 1. The Balaban J connectivity index is 2.41. The van der Waals surface area contributed by atoms with Gasteiger partial charge in [0, 0.05) is 6.07 Å². The molecule has 0 unspecified atom stereocenters. The molecule has 0 atom stereocenters. The van der Waals surface area contributed by atoms with Crippen LogP contribution in [-0.4, -0.2) is 29.7 Å². The Morgan fingerprint density at radius 3 is 2.76 bits per heavy atom. The molecule has 112 valence electrons. The summed E-state index contributed by atoms with van der Waals surface area (Å²) in [5.41, 5.74) is 5.29. The summed E-state index contributed by atoms with van der Waals surface area (Å²) in [6.07, 6.45) is 1.11. The maximum absolute atomic E-state index is 13.5. The van der Waals surface area contributed by atoms with E-state index in [0.29, 0.717) is 6.07 Å². The Hall–Kier alpha value is -2.69. The summed E-state index contributed by atoms with van der Waals surface area (Å²) >= 11 is 0. The van der Waals surface area contributed by atoms with E-state index in [9.17, 15) is 17.2 Å². The van der Waals surface area contributed by atoms with Gasteiger partial charge in [0.05, 0.1) is 11.8 Å². The molecule has 0 radical (unpaired) electrons. The summed E-state index contributed by atoms with van der Waals surface area (Å²) in [4.78, 5) is -0.760. The van der Waals surface area contributed by atoms with Crippen molar-refractivity contribution in [2.75, 3.05) is 4.72 Å². The number of H-pyrrole nitrogens is 1. The molecular weight excluding hydrogens is 308 g/mol. The molecule has 0 aliphatic heterocycles. The molecule has 1 aromatic heterocycles. The fourth-order valence-electron chi connectivity index (χ4n) is 1.49. The van der Waals surface area contributed by atoms with Gasteiger partial charge in [-0.3, -0.25) is 9.82 Å². The van der Waals surface area contributed by atoms with E-state index in [4.69, 9.17) is 10.9 Å². The van der Waals surface area contributed by atoms with E-state index in [0.717, 1.165) is 18.3 Å². The first-order valence-electron chi connectivity index (χ1n) is 5.34. The Labute approximate surface area is 117 Å². The third-order valence-electron chi connectivity index (χ3n) is 2.44. The molecule has 1 heterocycles. The SMILES string of the molecule is NC(=NO)c1cn[nH]c1NS(=O)(=O)c1ccc(F)cc1F. The minimum absolute atomic E-state index is 0.0383. The van der Waals surface area contributed by atoms with Crippen LogP contribution in [0.4, 0.5) is 14.6 Å². The van der Waals surface area contributed by atoms with Gasteiger partial charge in [0.25, 0.3) is 10.0 Å². The second-order valence-corrected chi connectivity index (χ2v) is 5.47. The van der Waals surface area contributed by atoms with Gasteiger partial charge in [-0.1, -0.05) is 5.16 Å². The van der Waals surface area contributed by atoms with Crippen LogP contribution in [0, 0.1) is 11.6 Å². The molecule has 8 nitrogen and oxygen atoms in total. The molecule has 0 aliphatic rings. The molecule has 2 rings (SSSR count). The van der Waals surface area contributed by atoms with Crippen molar-refractivity contribution in [2.45, 2.75) is 4.90 Å². The molecule has 0 saturated heterocycles. The monoisotopic (exact) mass is 317 g/mol. The number of amidine groups is 1. The van der Waals surface area contributed by atoms with Crippen LogP contribution in [0.1, 0.15) is 5.56 Å². The molecule has 11 heteroatoms. The summed E-state index contributed by atoms with van der Waals surface area (Å²) in [6, 6.07) is 2.01. The molecule has 1 aromatic carbocycles. The van der Waals surface area contributed by atoms with Gasteiger partial charge in [-0.2, -0.15) is 5.10 Å². The molecule has 0 spiro atoms. The van der Waals surface area contributed by atoms with Gasteiger partial charge >= 0.3 is 0 Å². The number of halogens is 2. The first-order valence-corrected chi connectivity index (χ1v) is 6.82. The van der Waals surface area contributed by atoms with Gasteiger partial charge in [0.1, 0.15) is 22.3 Å². The number of nitrogens with zero attached hydrogens (tertiary/aromatic N) is 2. The minimum Gasteiger partial charge on any atom is -0.409 e. The lowest BCUT2D eigenvalue weighted by molar-refractivity contribution is 0.318. The number of nitrogens with one attached hydrogen (secondary N) is 2. The van der Waals surface area contributed by atoms with Gasteiger partial charge < -0.3 is 10.9 Å². The van der Waals surface area contributed by atoms with Gasteiger partial charge in [0.15, 0.2) is 5.84 Å². The normalized spacial score (nSPS) is 12.4. The smallest absolute Gasteiger partial charge is 0.265 e. The van der Waals surface area contributed by atoms with E-state index in [-0.39, 0.29) is 11.4 Å². The van der Waals surface area contributed by atoms with Crippen LogP contribution in [0.3, 0.4) is 0 Å². The second kappa shape index (κ2) is 5.36. The zero-order valence-corrected chi connectivity index (χ0v) is 11.0. The van der Waals surface area contributed by atoms with E-state index in [1.165, 1.54) is 0 Å². The van der Waals surface area contributed by atoms with Gasteiger partial charge in [-0.15, -0.1) is 0 Å². The molecular formula is C10H9F2N5O3S. The molecule has 2 aromatic rings. The number of sulfonamides is 1. The molecule has 0 amide bonds. The Morgan fingerprint density at radius 1 is 1.43 bits per heavy atom. The average Bonchev–Trinajstić information content (AvgIpc) is 2.84. The Bertz CT molecular complexity index is 803. The first kappa shape index (κ1) is 14.7. The largest absolute Gasteiger partial charge is 0.409 e. The maximum atomic E-state index is 13.5. The van der Waals surface area contributed by atoms with Crippen molar-refractivity contribution in [1.29, 1.82) is 0 Å². The molecule has 0 aliphatic carbocycles. The van der Waals surface area contributed by atoms with Gasteiger partial charge in [-0.25, -0.2) is 17.2 Å². The van der Waals surface area contributed by atoms with E-state index >= 15 is 0 Å². The number of rotatable bonds is 4. The predicted octanol–water partition coefficient (Wildman–Crippen LogP) is 0.583. The summed E-state index contributed by atoms with van der Waals surface area (Å²) in [5.74, 6) is -2.80. The Morgan fingerprint density at radius 2 is 2.14 bits per heavy atom. The first-order chi connectivity index (χ1) is 9.85. The number of oxime groups is 1. The van der Waals surface area contributed by atoms with Crippen LogP contribution in [0.15, 0.2) is 34.4 Å².